The summed E-state index contributed by atoms with van der Waals surface area (Å²) in [5.74, 6) is -2.27. The fourth-order valence-electron chi connectivity index (χ4n) is 2.14. The summed E-state index contributed by atoms with van der Waals surface area (Å²) in [7, 11) is 0. The highest BCUT2D eigenvalue weighted by Crippen LogP contribution is 2.31. The van der Waals surface area contributed by atoms with E-state index in [1.54, 1.807) is 0 Å². The third kappa shape index (κ3) is 2.62. The molecule has 19 heavy (non-hydrogen) atoms. The van der Waals surface area contributed by atoms with Crippen LogP contribution in [0.15, 0.2) is 18.2 Å². The third-order valence-corrected chi connectivity index (χ3v) is 3.56. The number of hydrogen-bond donors (Lipinski definition) is 1. The van der Waals surface area contributed by atoms with Crippen molar-refractivity contribution in [2.75, 3.05) is 13.2 Å². The Labute approximate surface area is 114 Å². The highest BCUT2D eigenvalue weighted by atomic mass is 35.5. The summed E-state index contributed by atoms with van der Waals surface area (Å²) in [5, 5.41) is 9.28. The van der Waals surface area contributed by atoms with Gasteiger partial charge in [-0.15, -0.1) is 0 Å². The SMILES string of the molecule is O=C(O)C1(Cc2ccc(Cl)c(F)c2)COCCC1=O. The maximum absolute atomic E-state index is 13.4. The average Bonchev–Trinajstić information content (AvgIpc) is 2.36. The van der Waals surface area contributed by atoms with Gasteiger partial charge in [-0.25, -0.2) is 4.39 Å². The number of aliphatic carboxylic acids is 1. The quantitative estimate of drug-likeness (QED) is 0.864. The van der Waals surface area contributed by atoms with Gasteiger partial charge >= 0.3 is 5.97 Å². The van der Waals surface area contributed by atoms with E-state index < -0.39 is 17.2 Å². The number of ketones is 1. The number of carboxylic acid groups (broad SMARTS) is 1. The van der Waals surface area contributed by atoms with E-state index in [2.05, 4.69) is 0 Å². The van der Waals surface area contributed by atoms with E-state index in [0.717, 1.165) is 6.07 Å². The molecule has 1 aromatic carbocycles. The molecule has 1 atom stereocenters. The van der Waals surface area contributed by atoms with Gasteiger partial charge in [0.1, 0.15) is 5.82 Å². The molecule has 1 aliphatic rings. The van der Waals surface area contributed by atoms with Gasteiger partial charge in [-0.05, 0) is 24.1 Å². The van der Waals surface area contributed by atoms with Crippen LogP contribution in [0.1, 0.15) is 12.0 Å². The van der Waals surface area contributed by atoms with Crippen LogP contribution >= 0.6 is 11.6 Å². The predicted octanol–water partition coefficient (Wildman–Crippen LogP) is 2.08. The molecule has 1 N–H and O–H groups in total. The predicted molar refractivity (Wildman–Crippen MR) is 65.6 cm³/mol. The summed E-state index contributed by atoms with van der Waals surface area (Å²) >= 11 is 5.57. The summed E-state index contributed by atoms with van der Waals surface area (Å²) in [5.41, 5.74) is -1.22. The van der Waals surface area contributed by atoms with Gasteiger partial charge in [-0.2, -0.15) is 0 Å². The van der Waals surface area contributed by atoms with E-state index in [9.17, 15) is 19.1 Å². The number of Topliss-reactive ketones (excluding diaryl/α,β-unsaturated/α-hetero) is 1. The standard InChI is InChI=1S/C13H12ClFO4/c14-9-2-1-8(5-10(9)15)6-13(12(17)18)7-19-4-3-11(13)16/h1-2,5H,3-4,6-7H2,(H,17,18). The normalized spacial score (nSPS) is 23.4. The zero-order chi connectivity index (χ0) is 14.0. The van der Waals surface area contributed by atoms with Crippen molar-refractivity contribution in [2.24, 2.45) is 5.41 Å². The van der Waals surface area contributed by atoms with Crippen LogP contribution in [-0.4, -0.2) is 30.1 Å². The van der Waals surface area contributed by atoms with Crippen molar-refractivity contribution in [1.82, 2.24) is 0 Å². The number of halogens is 2. The van der Waals surface area contributed by atoms with Crippen LogP contribution in [0.2, 0.25) is 5.02 Å². The molecule has 0 radical (unpaired) electrons. The smallest absolute Gasteiger partial charge is 0.319 e. The van der Waals surface area contributed by atoms with Crippen molar-refractivity contribution in [3.05, 3.63) is 34.6 Å². The highest BCUT2D eigenvalue weighted by Gasteiger charge is 2.47. The lowest BCUT2D eigenvalue weighted by atomic mass is 9.76. The number of carbonyl (C=O) groups is 2. The van der Waals surface area contributed by atoms with Gasteiger partial charge in [0.2, 0.25) is 0 Å². The van der Waals surface area contributed by atoms with Crippen molar-refractivity contribution in [1.29, 1.82) is 0 Å². The first-order chi connectivity index (χ1) is 8.95. The van der Waals surface area contributed by atoms with Crippen molar-refractivity contribution >= 4 is 23.4 Å². The summed E-state index contributed by atoms with van der Waals surface area (Å²) in [6, 6.07) is 4.00. The Hall–Kier alpha value is -1.46. The van der Waals surface area contributed by atoms with Crippen LogP contribution < -0.4 is 0 Å². The van der Waals surface area contributed by atoms with Crippen LogP contribution in [0, 0.1) is 11.2 Å². The molecule has 0 saturated carbocycles. The molecule has 1 aromatic rings. The molecule has 1 heterocycles. The number of benzene rings is 1. The summed E-state index contributed by atoms with van der Waals surface area (Å²) in [4.78, 5) is 23.4. The Bertz CT molecular complexity index is 531. The molecule has 1 fully saturated rings. The number of rotatable bonds is 3. The molecule has 102 valence electrons. The first kappa shape index (κ1) is 14.0. The minimum Gasteiger partial charge on any atom is -0.480 e. The molecule has 6 heteroatoms. The lowest BCUT2D eigenvalue weighted by Gasteiger charge is -2.31. The molecule has 1 aliphatic heterocycles. The van der Waals surface area contributed by atoms with Crippen LogP contribution in [0.25, 0.3) is 0 Å². The van der Waals surface area contributed by atoms with Crippen molar-refractivity contribution in [2.45, 2.75) is 12.8 Å². The summed E-state index contributed by atoms with van der Waals surface area (Å²) in [6.07, 6.45) is -0.0440. The molecule has 0 aliphatic carbocycles. The molecule has 0 aromatic heterocycles. The average molecular weight is 287 g/mol. The van der Waals surface area contributed by atoms with E-state index in [0.29, 0.717) is 5.56 Å². The van der Waals surface area contributed by atoms with Crippen molar-refractivity contribution < 1.29 is 23.8 Å². The second-order valence-corrected chi connectivity index (χ2v) is 4.95. The van der Waals surface area contributed by atoms with Gasteiger partial charge < -0.3 is 9.84 Å². The maximum Gasteiger partial charge on any atom is 0.319 e. The van der Waals surface area contributed by atoms with Gasteiger partial charge in [0.05, 0.1) is 18.2 Å². The van der Waals surface area contributed by atoms with E-state index in [4.69, 9.17) is 16.3 Å². The van der Waals surface area contributed by atoms with Crippen molar-refractivity contribution in [3.63, 3.8) is 0 Å². The number of carbonyl (C=O) groups excluding carboxylic acids is 1. The number of carboxylic acids is 1. The Kier molecular flexibility index (Phi) is 3.87. The van der Waals surface area contributed by atoms with Crippen molar-refractivity contribution in [3.8, 4) is 0 Å². The summed E-state index contributed by atoms with van der Waals surface area (Å²) in [6.45, 7) is 0.0360. The second-order valence-electron chi connectivity index (χ2n) is 4.54. The zero-order valence-electron chi connectivity index (χ0n) is 9.99. The van der Waals surface area contributed by atoms with Gasteiger partial charge in [0, 0.05) is 6.42 Å². The number of ether oxygens (including phenoxy) is 1. The molecule has 0 bridgehead atoms. The lowest BCUT2D eigenvalue weighted by molar-refractivity contribution is -0.164. The minimum absolute atomic E-state index is 0.0423. The fraction of sp³-hybridized carbons (Fsp3) is 0.385. The van der Waals surface area contributed by atoms with Gasteiger partial charge in [0.25, 0.3) is 0 Å². The third-order valence-electron chi connectivity index (χ3n) is 3.25. The van der Waals surface area contributed by atoms with E-state index in [1.165, 1.54) is 12.1 Å². The zero-order valence-corrected chi connectivity index (χ0v) is 10.7. The number of hydrogen-bond acceptors (Lipinski definition) is 3. The van der Waals surface area contributed by atoms with Crippen LogP contribution in [-0.2, 0) is 20.7 Å². The maximum atomic E-state index is 13.4. The van der Waals surface area contributed by atoms with Crippen LogP contribution in [0.3, 0.4) is 0 Å². The monoisotopic (exact) mass is 286 g/mol. The molecule has 1 unspecified atom stereocenters. The Morgan fingerprint density at radius 2 is 2.26 bits per heavy atom. The van der Waals surface area contributed by atoms with Gasteiger partial charge in [-0.3, -0.25) is 9.59 Å². The Morgan fingerprint density at radius 1 is 1.53 bits per heavy atom. The minimum atomic E-state index is -1.63. The molecule has 0 spiro atoms. The second kappa shape index (κ2) is 5.27. The van der Waals surface area contributed by atoms with Crippen LogP contribution in [0.5, 0.6) is 0 Å². The van der Waals surface area contributed by atoms with Crippen LogP contribution in [0.4, 0.5) is 4.39 Å². The highest BCUT2D eigenvalue weighted by molar-refractivity contribution is 6.30. The molecule has 0 amide bonds. The van der Waals surface area contributed by atoms with Gasteiger partial charge in [0.15, 0.2) is 11.2 Å². The Balaban J connectivity index is 2.33. The summed E-state index contributed by atoms with van der Waals surface area (Å²) < 4.78 is 18.5. The molecule has 1 saturated heterocycles. The first-order valence-corrected chi connectivity index (χ1v) is 6.12. The van der Waals surface area contributed by atoms with E-state index in [-0.39, 0.29) is 36.9 Å². The molecule has 4 nitrogen and oxygen atoms in total. The lowest BCUT2D eigenvalue weighted by Crippen LogP contribution is -2.48. The van der Waals surface area contributed by atoms with E-state index >= 15 is 0 Å². The molecular formula is C13H12ClFO4. The topological polar surface area (TPSA) is 63.6 Å². The molecular weight excluding hydrogens is 275 g/mol. The largest absolute Gasteiger partial charge is 0.480 e. The Morgan fingerprint density at radius 3 is 2.84 bits per heavy atom. The fourth-order valence-corrected chi connectivity index (χ4v) is 2.25. The molecule has 2 rings (SSSR count). The van der Waals surface area contributed by atoms with E-state index in [1.807, 2.05) is 0 Å². The van der Waals surface area contributed by atoms with Gasteiger partial charge in [-0.1, -0.05) is 17.7 Å². The first-order valence-electron chi connectivity index (χ1n) is 5.74.